The van der Waals surface area contributed by atoms with Crippen molar-refractivity contribution in [2.75, 3.05) is 0 Å². The fourth-order valence-electron chi connectivity index (χ4n) is 9.63. The molecule has 5 heteroatoms. The molecule has 4 bridgehead atoms. The van der Waals surface area contributed by atoms with Gasteiger partial charge in [0.1, 0.15) is 23.0 Å². The molecule has 4 fully saturated rings. The molecule has 0 spiro atoms. The Kier molecular flexibility index (Phi) is 9.84. The summed E-state index contributed by atoms with van der Waals surface area (Å²) < 4.78 is 6.38. The number of rotatable bonds is 8. The molecule has 0 saturated heterocycles. The van der Waals surface area contributed by atoms with E-state index in [4.69, 9.17) is 4.52 Å². The second-order valence-corrected chi connectivity index (χ2v) is 21.2. The van der Waals surface area contributed by atoms with Gasteiger partial charge in [-0.1, -0.05) is 146 Å². The molecule has 3 nitrogen and oxygen atoms in total. The topological polar surface area (TPSA) is 52.5 Å². The van der Waals surface area contributed by atoms with Crippen LogP contribution in [0.5, 0.6) is 0 Å². The Hall–Kier alpha value is -4.55. The molecular weight excluding hydrogens is 672 g/mol. The van der Waals surface area contributed by atoms with E-state index in [0.717, 1.165) is 19.3 Å². The SMILES string of the molecule is O=C([O-])C12CC3CC(CC(C3)C1)C2.c1ccc(P(=N[P+](c2ccccc2)(c2ccccc2)c2ccccc2)(c2ccccc2)c2ccccc2)cc1. The van der Waals surface area contributed by atoms with Crippen molar-refractivity contribution in [2.24, 2.45) is 27.7 Å². The first-order valence-corrected chi connectivity index (χ1v) is 22.1. The molecule has 4 aliphatic carbocycles. The Balaban J connectivity index is 0.000000247. The van der Waals surface area contributed by atoms with Crippen LogP contribution in [0.25, 0.3) is 0 Å². The fourth-order valence-corrected chi connectivity index (χ4v) is 19.1. The maximum Gasteiger partial charge on any atom is 0.228 e. The third-order valence-corrected chi connectivity index (χ3v) is 19.9. The molecule has 0 radical (unpaired) electrons. The average Bonchev–Trinajstić information content (AvgIpc) is 3.20. The van der Waals surface area contributed by atoms with Crippen LogP contribution in [0, 0.1) is 23.2 Å². The van der Waals surface area contributed by atoms with Gasteiger partial charge in [-0.3, -0.25) is 0 Å². The monoisotopic (exact) mass is 717 g/mol. The first-order chi connectivity index (χ1) is 25.5. The number of carboxylic acid groups (broad SMARTS) is 1. The van der Waals surface area contributed by atoms with Gasteiger partial charge in [-0.2, -0.15) is 0 Å². The van der Waals surface area contributed by atoms with Crippen LogP contribution in [-0.2, 0) is 4.79 Å². The molecule has 4 saturated carbocycles. The summed E-state index contributed by atoms with van der Waals surface area (Å²) in [6.45, 7) is 0. The first kappa shape index (κ1) is 34.5. The van der Waals surface area contributed by atoms with Crippen LogP contribution in [0.15, 0.2) is 187 Å². The van der Waals surface area contributed by atoms with E-state index in [9.17, 15) is 9.90 Å². The maximum absolute atomic E-state index is 11.1. The zero-order valence-electron chi connectivity index (χ0n) is 29.5. The Morgan fingerprint density at radius 3 is 1.02 bits per heavy atom. The fraction of sp³-hybridized carbons (Fsp3) is 0.213. The first-order valence-electron chi connectivity index (χ1n) is 18.6. The second kappa shape index (κ2) is 14.8. The van der Waals surface area contributed by atoms with Crippen LogP contribution < -0.4 is 36.9 Å². The minimum atomic E-state index is -2.50. The van der Waals surface area contributed by atoms with Crippen molar-refractivity contribution in [2.45, 2.75) is 38.5 Å². The Morgan fingerprint density at radius 2 is 0.750 bits per heavy atom. The van der Waals surface area contributed by atoms with Crippen LogP contribution in [0.2, 0.25) is 0 Å². The van der Waals surface area contributed by atoms with E-state index in [1.165, 1.54) is 51.1 Å². The Labute approximate surface area is 309 Å². The molecule has 0 amide bonds. The minimum Gasteiger partial charge on any atom is -0.550 e. The molecule has 0 unspecified atom stereocenters. The molecule has 52 heavy (non-hydrogen) atoms. The van der Waals surface area contributed by atoms with E-state index >= 15 is 0 Å². The summed E-state index contributed by atoms with van der Waals surface area (Å²) in [5.41, 5.74) is -0.394. The highest BCUT2D eigenvalue weighted by Crippen LogP contribution is 2.66. The molecule has 6 aromatic carbocycles. The third kappa shape index (κ3) is 6.40. The van der Waals surface area contributed by atoms with E-state index in [-0.39, 0.29) is 0 Å². The van der Waals surface area contributed by atoms with Gasteiger partial charge in [0, 0.05) is 27.3 Å². The summed E-state index contributed by atoms with van der Waals surface area (Å²) in [5, 5.41) is 18.7. The maximum atomic E-state index is 11.1. The summed E-state index contributed by atoms with van der Waals surface area (Å²) in [6, 6.07) is 65.7. The van der Waals surface area contributed by atoms with Gasteiger partial charge in [0.15, 0.2) is 0 Å². The van der Waals surface area contributed by atoms with Crippen molar-refractivity contribution >= 4 is 52.3 Å². The lowest BCUT2D eigenvalue weighted by Crippen LogP contribution is -2.54. The second-order valence-electron chi connectivity index (χ2n) is 14.9. The van der Waals surface area contributed by atoms with Crippen LogP contribution >= 0.6 is 14.5 Å². The van der Waals surface area contributed by atoms with Crippen LogP contribution in [-0.4, -0.2) is 5.97 Å². The van der Waals surface area contributed by atoms with Gasteiger partial charge in [0.25, 0.3) is 0 Å². The van der Waals surface area contributed by atoms with E-state index in [1.54, 1.807) is 0 Å². The highest BCUT2D eigenvalue weighted by molar-refractivity contribution is 8.01. The lowest BCUT2D eigenvalue weighted by Gasteiger charge is -2.57. The van der Waals surface area contributed by atoms with Gasteiger partial charge < -0.3 is 9.90 Å². The highest BCUT2D eigenvalue weighted by atomic mass is 31.2. The van der Waals surface area contributed by atoms with E-state index < -0.39 is 25.9 Å². The number of hydrogen-bond acceptors (Lipinski definition) is 3. The van der Waals surface area contributed by atoms with Gasteiger partial charge >= 0.3 is 0 Å². The molecule has 0 aromatic heterocycles. The predicted octanol–water partition coefficient (Wildman–Crippen LogP) is 8.03. The van der Waals surface area contributed by atoms with Gasteiger partial charge in [-0.25, -0.2) is 0 Å². The van der Waals surface area contributed by atoms with Crippen LogP contribution in [0.1, 0.15) is 38.5 Å². The minimum absolute atomic E-state index is 0.394. The zero-order chi connectivity index (χ0) is 35.4. The van der Waals surface area contributed by atoms with Gasteiger partial charge in [0.2, 0.25) is 7.41 Å². The van der Waals surface area contributed by atoms with Crippen molar-refractivity contribution in [1.29, 1.82) is 0 Å². The number of nitrogens with zero attached hydrogens (tertiary/aromatic N) is 1. The van der Waals surface area contributed by atoms with E-state index in [1.807, 2.05) is 0 Å². The standard InChI is InChI=1S/C36H30NP2.C11H16O2/c1-7-19-31(20-8-1)38(32-21-9-2-10-22-32,33-23-11-3-12-24-33)37-39(34-25-13-4-14-26-34,35-27-15-5-16-28-35)36-29-17-6-18-30-36;12-10(13)11-4-7-1-8(5-11)3-9(2-7)6-11/h1-30H;7-9H,1-6H2,(H,12,13)/q+1;/p-1. The van der Waals surface area contributed by atoms with E-state index in [0.29, 0.717) is 17.8 Å². The van der Waals surface area contributed by atoms with E-state index in [2.05, 4.69) is 182 Å². The lowest BCUT2D eigenvalue weighted by atomic mass is 9.49. The van der Waals surface area contributed by atoms with Crippen molar-refractivity contribution in [3.05, 3.63) is 182 Å². The predicted molar refractivity (Wildman–Crippen MR) is 218 cm³/mol. The van der Waals surface area contributed by atoms with Gasteiger partial charge in [-0.05, 0) is 92.7 Å². The Morgan fingerprint density at radius 1 is 0.481 bits per heavy atom. The van der Waals surface area contributed by atoms with Gasteiger partial charge in [0.05, 0.1) is 0 Å². The summed E-state index contributed by atoms with van der Waals surface area (Å²) in [6.07, 6.45) is 6.65. The number of carbonyl (C=O) groups excluding carboxylic acids is 1. The van der Waals surface area contributed by atoms with Gasteiger partial charge in [-0.15, -0.1) is 4.52 Å². The molecule has 4 aliphatic rings. The molecule has 0 atom stereocenters. The van der Waals surface area contributed by atoms with Crippen LogP contribution in [0.3, 0.4) is 0 Å². The van der Waals surface area contributed by atoms with Crippen molar-refractivity contribution < 1.29 is 9.90 Å². The smallest absolute Gasteiger partial charge is 0.228 e. The summed E-state index contributed by atoms with van der Waals surface area (Å²) in [4.78, 5) is 11.1. The quantitative estimate of drug-likeness (QED) is 0.150. The molecule has 10 rings (SSSR count). The molecule has 0 N–H and O–H groups in total. The van der Waals surface area contributed by atoms with Crippen molar-refractivity contribution in [3.63, 3.8) is 0 Å². The van der Waals surface area contributed by atoms with Crippen molar-refractivity contribution in [3.8, 4) is 0 Å². The molecule has 6 aromatic rings. The summed E-state index contributed by atoms with van der Waals surface area (Å²) >= 11 is 0. The number of carbonyl (C=O) groups is 1. The number of aliphatic carboxylic acids is 1. The third-order valence-electron chi connectivity index (χ3n) is 11.5. The van der Waals surface area contributed by atoms with Crippen LogP contribution in [0.4, 0.5) is 0 Å². The molecule has 260 valence electrons. The molecule has 0 heterocycles. The lowest BCUT2D eigenvalue weighted by molar-refractivity contribution is -0.327. The highest BCUT2D eigenvalue weighted by Gasteiger charge is 2.52. The zero-order valence-corrected chi connectivity index (χ0v) is 31.2. The number of benzene rings is 6. The Bertz CT molecular complexity index is 1910. The number of carboxylic acids is 1. The largest absolute Gasteiger partial charge is 0.550 e. The van der Waals surface area contributed by atoms with Crippen molar-refractivity contribution in [1.82, 2.24) is 0 Å². The number of hydrogen-bond donors (Lipinski definition) is 0. The molecule has 0 aliphatic heterocycles. The normalized spacial score (nSPS) is 21.8. The average molecular weight is 718 g/mol. The summed E-state index contributed by atoms with van der Waals surface area (Å²) in [5.74, 6) is 1.38. The molecular formula is C47H45NO2P2. The summed E-state index contributed by atoms with van der Waals surface area (Å²) in [7, 11) is -4.99.